The molecule has 1 aliphatic heterocycles. The van der Waals surface area contributed by atoms with Gasteiger partial charge in [0.1, 0.15) is 0 Å². The van der Waals surface area contributed by atoms with Crippen molar-refractivity contribution in [1.29, 1.82) is 0 Å². The minimum Gasteiger partial charge on any atom is -0.369 e. The van der Waals surface area contributed by atoms with E-state index < -0.39 is 10.0 Å². The van der Waals surface area contributed by atoms with Gasteiger partial charge in [-0.15, -0.1) is 0 Å². The number of carbonyl (C=O) groups is 1. The van der Waals surface area contributed by atoms with Gasteiger partial charge >= 0.3 is 0 Å². The molecule has 0 N–H and O–H groups in total. The summed E-state index contributed by atoms with van der Waals surface area (Å²) in [6, 6.07) is 7.51. The summed E-state index contributed by atoms with van der Waals surface area (Å²) in [5.74, 6) is 0.0434. The lowest BCUT2D eigenvalue weighted by molar-refractivity contribution is 0.101. The zero-order valence-corrected chi connectivity index (χ0v) is 19.0. The van der Waals surface area contributed by atoms with E-state index in [0.29, 0.717) is 36.6 Å². The van der Waals surface area contributed by atoms with E-state index in [2.05, 4.69) is 11.8 Å². The standard InChI is InChI=1S/C23H30N2O3S/c1-15-16(2)18(4)23(19(5)17(15)3)29(27,28)25-13-11-24(12-14-25)22-9-7-21(8-10-22)20(6)26/h7-10H,11-14H2,1-6H3. The van der Waals surface area contributed by atoms with Crippen LogP contribution in [0.1, 0.15) is 45.1 Å². The highest BCUT2D eigenvalue weighted by atomic mass is 32.2. The van der Waals surface area contributed by atoms with Gasteiger partial charge in [-0.2, -0.15) is 4.31 Å². The van der Waals surface area contributed by atoms with Crippen LogP contribution < -0.4 is 4.90 Å². The number of ketones is 1. The molecule has 0 unspecified atom stereocenters. The molecule has 0 saturated carbocycles. The third-order valence-electron chi connectivity index (χ3n) is 6.41. The second kappa shape index (κ2) is 7.92. The van der Waals surface area contributed by atoms with Crippen LogP contribution in [0.5, 0.6) is 0 Å². The molecule has 0 aromatic heterocycles. The van der Waals surface area contributed by atoms with Crippen molar-refractivity contribution in [3.05, 3.63) is 57.6 Å². The van der Waals surface area contributed by atoms with Crippen molar-refractivity contribution < 1.29 is 13.2 Å². The van der Waals surface area contributed by atoms with Gasteiger partial charge in [-0.1, -0.05) is 0 Å². The normalized spacial score (nSPS) is 15.6. The van der Waals surface area contributed by atoms with Crippen LogP contribution >= 0.6 is 0 Å². The molecule has 0 radical (unpaired) electrons. The Hall–Kier alpha value is -2.18. The van der Waals surface area contributed by atoms with E-state index in [1.165, 1.54) is 0 Å². The second-order valence-electron chi connectivity index (χ2n) is 7.95. The molecule has 1 heterocycles. The summed E-state index contributed by atoms with van der Waals surface area (Å²) in [6.45, 7) is 13.6. The number of piperazine rings is 1. The van der Waals surface area contributed by atoms with Gasteiger partial charge in [0.15, 0.2) is 5.78 Å². The average Bonchev–Trinajstić information content (AvgIpc) is 2.71. The average molecular weight is 415 g/mol. The number of Topliss-reactive ketones (excluding diaryl/α,β-unsaturated/α-hetero) is 1. The van der Waals surface area contributed by atoms with Gasteiger partial charge in [-0.3, -0.25) is 4.79 Å². The van der Waals surface area contributed by atoms with Crippen LogP contribution in [0.15, 0.2) is 29.2 Å². The summed E-state index contributed by atoms with van der Waals surface area (Å²) >= 11 is 0. The number of hydrogen-bond acceptors (Lipinski definition) is 4. The number of hydrogen-bond donors (Lipinski definition) is 0. The van der Waals surface area contributed by atoms with Crippen molar-refractivity contribution in [2.24, 2.45) is 0 Å². The van der Waals surface area contributed by atoms with Crippen molar-refractivity contribution in [2.45, 2.75) is 46.4 Å². The number of rotatable bonds is 4. The van der Waals surface area contributed by atoms with E-state index in [-0.39, 0.29) is 5.78 Å². The SMILES string of the molecule is CC(=O)c1ccc(N2CCN(S(=O)(=O)c3c(C)c(C)c(C)c(C)c3C)CC2)cc1. The number of sulfonamides is 1. The fraction of sp³-hybridized carbons (Fsp3) is 0.435. The number of carbonyl (C=O) groups excluding carboxylic acids is 1. The first-order valence-corrected chi connectivity index (χ1v) is 11.4. The Bertz CT molecular complexity index is 1020. The Balaban J connectivity index is 1.83. The Kier molecular flexibility index (Phi) is 5.88. The highest BCUT2D eigenvalue weighted by Gasteiger charge is 2.32. The molecular formula is C23H30N2O3S. The Labute approximate surface area is 174 Å². The van der Waals surface area contributed by atoms with Crippen molar-refractivity contribution in [1.82, 2.24) is 4.31 Å². The van der Waals surface area contributed by atoms with Crippen LogP contribution in [0.25, 0.3) is 0 Å². The van der Waals surface area contributed by atoms with Gasteiger partial charge in [0.25, 0.3) is 0 Å². The van der Waals surface area contributed by atoms with E-state index in [4.69, 9.17) is 0 Å². The minimum absolute atomic E-state index is 0.0434. The molecule has 0 atom stereocenters. The van der Waals surface area contributed by atoms with Crippen molar-refractivity contribution in [2.75, 3.05) is 31.1 Å². The van der Waals surface area contributed by atoms with Crippen LogP contribution in [-0.2, 0) is 10.0 Å². The van der Waals surface area contributed by atoms with E-state index >= 15 is 0 Å². The van der Waals surface area contributed by atoms with Crippen LogP contribution in [0.2, 0.25) is 0 Å². The topological polar surface area (TPSA) is 57.7 Å². The molecule has 156 valence electrons. The lowest BCUT2D eigenvalue weighted by Crippen LogP contribution is -2.49. The maximum Gasteiger partial charge on any atom is 0.243 e. The quantitative estimate of drug-likeness (QED) is 0.711. The minimum atomic E-state index is -3.55. The highest BCUT2D eigenvalue weighted by Crippen LogP contribution is 2.32. The highest BCUT2D eigenvalue weighted by molar-refractivity contribution is 7.89. The largest absolute Gasteiger partial charge is 0.369 e. The molecule has 6 heteroatoms. The van der Waals surface area contributed by atoms with Crippen molar-refractivity contribution in [3.8, 4) is 0 Å². The fourth-order valence-corrected chi connectivity index (χ4v) is 6.06. The third-order valence-corrected chi connectivity index (χ3v) is 8.58. The molecule has 29 heavy (non-hydrogen) atoms. The molecule has 1 fully saturated rings. The second-order valence-corrected chi connectivity index (χ2v) is 9.82. The van der Waals surface area contributed by atoms with E-state index in [9.17, 15) is 13.2 Å². The molecule has 0 spiro atoms. The smallest absolute Gasteiger partial charge is 0.243 e. The molecular weight excluding hydrogens is 384 g/mol. The van der Waals surface area contributed by atoms with E-state index in [1.807, 2.05) is 52.0 Å². The lowest BCUT2D eigenvalue weighted by Gasteiger charge is -2.36. The molecule has 2 aromatic carbocycles. The lowest BCUT2D eigenvalue weighted by atomic mass is 9.95. The van der Waals surface area contributed by atoms with E-state index in [0.717, 1.165) is 33.5 Å². The maximum atomic E-state index is 13.5. The number of anilines is 1. The van der Waals surface area contributed by atoms with Gasteiger partial charge in [0, 0.05) is 37.4 Å². The summed E-state index contributed by atoms with van der Waals surface area (Å²) in [5, 5.41) is 0. The fourth-order valence-electron chi connectivity index (χ4n) is 4.08. The van der Waals surface area contributed by atoms with Gasteiger partial charge in [-0.25, -0.2) is 8.42 Å². The summed E-state index contributed by atoms with van der Waals surface area (Å²) < 4.78 is 28.6. The zero-order chi connectivity index (χ0) is 21.5. The third kappa shape index (κ3) is 3.83. The first kappa shape index (κ1) is 21.5. The van der Waals surface area contributed by atoms with Crippen LogP contribution in [0.4, 0.5) is 5.69 Å². The molecule has 1 aliphatic rings. The predicted octanol–water partition coefficient (Wildman–Crippen LogP) is 3.94. The maximum absolute atomic E-state index is 13.5. The van der Waals surface area contributed by atoms with Crippen molar-refractivity contribution >= 4 is 21.5 Å². The molecule has 5 nitrogen and oxygen atoms in total. The summed E-state index contributed by atoms with van der Waals surface area (Å²) in [6.07, 6.45) is 0. The summed E-state index contributed by atoms with van der Waals surface area (Å²) in [4.78, 5) is 14.1. The van der Waals surface area contributed by atoms with Crippen molar-refractivity contribution in [3.63, 3.8) is 0 Å². The number of nitrogens with zero attached hydrogens (tertiary/aromatic N) is 2. The summed E-state index contributed by atoms with van der Waals surface area (Å²) in [7, 11) is -3.55. The molecule has 3 rings (SSSR count). The molecule has 0 aliphatic carbocycles. The molecule has 0 amide bonds. The van der Waals surface area contributed by atoms with Crippen LogP contribution in [0.3, 0.4) is 0 Å². The monoisotopic (exact) mass is 414 g/mol. The molecule has 2 aromatic rings. The van der Waals surface area contributed by atoms with Gasteiger partial charge in [0.2, 0.25) is 10.0 Å². The number of benzene rings is 2. The van der Waals surface area contributed by atoms with Gasteiger partial charge in [-0.05, 0) is 93.6 Å². The zero-order valence-electron chi connectivity index (χ0n) is 18.2. The van der Waals surface area contributed by atoms with Gasteiger partial charge in [0.05, 0.1) is 4.90 Å². The predicted molar refractivity (Wildman–Crippen MR) is 118 cm³/mol. The van der Waals surface area contributed by atoms with Gasteiger partial charge < -0.3 is 4.90 Å². The molecule has 1 saturated heterocycles. The van der Waals surface area contributed by atoms with E-state index in [1.54, 1.807) is 11.2 Å². The Morgan fingerprint density at radius 3 is 1.66 bits per heavy atom. The molecule has 0 bridgehead atoms. The first-order chi connectivity index (χ1) is 13.6. The Morgan fingerprint density at radius 1 is 0.759 bits per heavy atom. The summed E-state index contributed by atoms with van der Waals surface area (Å²) in [5.41, 5.74) is 6.68. The Morgan fingerprint density at radius 2 is 1.21 bits per heavy atom. The first-order valence-electron chi connectivity index (χ1n) is 9.98. The van der Waals surface area contributed by atoms with Crippen LogP contribution in [0, 0.1) is 34.6 Å². The van der Waals surface area contributed by atoms with Crippen LogP contribution in [-0.4, -0.2) is 44.7 Å².